The highest BCUT2D eigenvalue weighted by Crippen LogP contribution is 2.26. The number of nitrogens with one attached hydrogen (secondary N) is 1. The standard InChI is InChI=1S/C22H18ClN5O2/c23-20-11-12-21(27-26-20)30-18-9-5-16(6-10-18)25-19-2-1-13-28(22(19)29)17-7-3-15(14-24)4-8-17/h3-12,19,25H,1-2,13H2. The first kappa shape index (κ1) is 19.7. The molecule has 3 aromatic rings. The molecule has 2 aromatic carbocycles. The van der Waals surface area contributed by atoms with Crippen LogP contribution in [0.25, 0.3) is 0 Å². The summed E-state index contributed by atoms with van der Waals surface area (Å²) in [7, 11) is 0. The molecule has 1 saturated heterocycles. The SMILES string of the molecule is N#Cc1ccc(N2CCCC(Nc3ccc(Oc4ccc(Cl)nn4)cc3)C2=O)cc1. The first-order valence-corrected chi connectivity index (χ1v) is 9.85. The van der Waals surface area contributed by atoms with Gasteiger partial charge in [-0.1, -0.05) is 11.6 Å². The van der Waals surface area contributed by atoms with Gasteiger partial charge in [0.1, 0.15) is 11.8 Å². The molecule has 7 nitrogen and oxygen atoms in total. The smallest absolute Gasteiger partial charge is 0.249 e. The first-order chi connectivity index (χ1) is 14.6. The number of nitriles is 1. The summed E-state index contributed by atoms with van der Waals surface area (Å²) in [5.41, 5.74) is 2.20. The minimum absolute atomic E-state index is 0.0164. The van der Waals surface area contributed by atoms with Gasteiger partial charge in [-0.2, -0.15) is 5.26 Å². The van der Waals surface area contributed by atoms with Gasteiger partial charge in [-0.3, -0.25) is 4.79 Å². The number of ether oxygens (including phenoxy) is 1. The number of amides is 1. The van der Waals surface area contributed by atoms with E-state index in [0.717, 1.165) is 24.2 Å². The number of benzene rings is 2. The first-order valence-electron chi connectivity index (χ1n) is 9.47. The molecule has 2 heterocycles. The van der Waals surface area contributed by atoms with Crippen LogP contribution >= 0.6 is 11.6 Å². The van der Waals surface area contributed by atoms with Crippen LogP contribution in [0.5, 0.6) is 11.6 Å². The number of carbonyl (C=O) groups is 1. The van der Waals surface area contributed by atoms with Gasteiger partial charge < -0.3 is 15.0 Å². The Labute approximate surface area is 178 Å². The van der Waals surface area contributed by atoms with E-state index < -0.39 is 0 Å². The van der Waals surface area contributed by atoms with Gasteiger partial charge in [-0.05, 0) is 67.4 Å². The van der Waals surface area contributed by atoms with Crippen molar-refractivity contribution in [3.8, 4) is 17.7 Å². The van der Waals surface area contributed by atoms with E-state index in [4.69, 9.17) is 21.6 Å². The highest BCUT2D eigenvalue weighted by Gasteiger charge is 2.29. The summed E-state index contributed by atoms with van der Waals surface area (Å²) >= 11 is 5.72. The van der Waals surface area contributed by atoms with Crippen molar-refractivity contribution in [1.29, 1.82) is 5.26 Å². The molecule has 0 saturated carbocycles. The third kappa shape index (κ3) is 4.50. The van der Waals surface area contributed by atoms with E-state index in [-0.39, 0.29) is 11.9 Å². The molecule has 4 rings (SSSR count). The molecule has 150 valence electrons. The number of hydrogen-bond acceptors (Lipinski definition) is 6. The lowest BCUT2D eigenvalue weighted by molar-refractivity contribution is -0.120. The molecule has 1 aliphatic heterocycles. The van der Waals surface area contributed by atoms with E-state index in [1.54, 1.807) is 41.3 Å². The Balaban J connectivity index is 1.41. The molecule has 1 aliphatic rings. The van der Waals surface area contributed by atoms with E-state index in [2.05, 4.69) is 21.6 Å². The quantitative estimate of drug-likeness (QED) is 0.659. The third-order valence-corrected chi connectivity index (χ3v) is 4.97. The molecule has 1 amide bonds. The van der Waals surface area contributed by atoms with Crippen molar-refractivity contribution in [2.45, 2.75) is 18.9 Å². The van der Waals surface area contributed by atoms with Crippen molar-refractivity contribution < 1.29 is 9.53 Å². The van der Waals surface area contributed by atoms with E-state index >= 15 is 0 Å². The summed E-state index contributed by atoms with van der Waals surface area (Å²) in [6.07, 6.45) is 1.64. The summed E-state index contributed by atoms with van der Waals surface area (Å²) in [6.45, 7) is 0.665. The largest absolute Gasteiger partial charge is 0.438 e. The maximum absolute atomic E-state index is 13.0. The van der Waals surface area contributed by atoms with Crippen LogP contribution in [0.2, 0.25) is 5.15 Å². The van der Waals surface area contributed by atoms with Gasteiger partial charge in [-0.15, -0.1) is 10.2 Å². The molecular weight excluding hydrogens is 402 g/mol. The summed E-state index contributed by atoms with van der Waals surface area (Å²) < 4.78 is 5.64. The summed E-state index contributed by atoms with van der Waals surface area (Å²) in [5, 5.41) is 20.2. The number of carbonyl (C=O) groups excluding carboxylic acids is 1. The van der Waals surface area contributed by atoms with Crippen LogP contribution in [-0.4, -0.2) is 28.7 Å². The average molecular weight is 420 g/mol. The number of aromatic nitrogens is 2. The van der Waals surface area contributed by atoms with Crippen LogP contribution in [0.3, 0.4) is 0 Å². The highest BCUT2D eigenvalue weighted by molar-refractivity contribution is 6.29. The molecule has 1 fully saturated rings. The maximum Gasteiger partial charge on any atom is 0.249 e. The summed E-state index contributed by atoms with van der Waals surface area (Å²) in [4.78, 5) is 14.7. The van der Waals surface area contributed by atoms with Crippen molar-refractivity contribution in [3.05, 3.63) is 71.4 Å². The fraction of sp³-hybridized carbons (Fsp3) is 0.182. The second-order valence-corrected chi connectivity index (χ2v) is 7.20. The fourth-order valence-electron chi connectivity index (χ4n) is 3.28. The van der Waals surface area contributed by atoms with Crippen LogP contribution in [-0.2, 0) is 4.79 Å². The Bertz CT molecular complexity index is 1060. The predicted octanol–water partition coefficient (Wildman–Crippen LogP) is 4.40. The zero-order valence-electron chi connectivity index (χ0n) is 16.0. The van der Waals surface area contributed by atoms with Crippen LogP contribution in [0, 0.1) is 11.3 Å². The lowest BCUT2D eigenvalue weighted by Crippen LogP contribution is -2.47. The molecule has 1 aromatic heterocycles. The number of hydrogen-bond donors (Lipinski definition) is 1. The van der Waals surface area contributed by atoms with Gasteiger partial charge in [0.2, 0.25) is 11.8 Å². The van der Waals surface area contributed by atoms with E-state index in [1.165, 1.54) is 0 Å². The normalized spacial score (nSPS) is 16.1. The maximum atomic E-state index is 13.0. The molecule has 0 bridgehead atoms. The van der Waals surface area contributed by atoms with Gasteiger partial charge in [0.05, 0.1) is 11.6 Å². The molecule has 30 heavy (non-hydrogen) atoms. The topological polar surface area (TPSA) is 91.1 Å². The van der Waals surface area contributed by atoms with E-state index in [1.807, 2.05) is 24.3 Å². The average Bonchev–Trinajstić information content (AvgIpc) is 2.78. The minimum Gasteiger partial charge on any atom is -0.438 e. The van der Waals surface area contributed by atoms with Crippen molar-refractivity contribution in [3.63, 3.8) is 0 Å². The minimum atomic E-state index is -0.316. The molecule has 0 radical (unpaired) electrons. The van der Waals surface area contributed by atoms with Crippen LogP contribution in [0.4, 0.5) is 11.4 Å². The Morgan fingerprint density at radius 1 is 1.07 bits per heavy atom. The van der Waals surface area contributed by atoms with Gasteiger partial charge in [0.15, 0.2) is 5.15 Å². The molecule has 8 heteroatoms. The fourth-order valence-corrected chi connectivity index (χ4v) is 3.38. The van der Waals surface area contributed by atoms with Crippen LogP contribution in [0.1, 0.15) is 18.4 Å². The van der Waals surface area contributed by atoms with Crippen LogP contribution < -0.4 is 15.0 Å². The van der Waals surface area contributed by atoms with Crippen molar-refractivity contribution >= 4 is 28.9 Å². The Morgan fingerprint density at radius 2 is 1.83 bits per heavy atom. The predicted molar refractivity (Wildman–Crippen MR) is 114 cm³/mol. The molecule has 0 spiro atoms. The number of piperidine rings is 1. The van der Waals surface area contributed by atoms with Gasteiger partial charge in [0.25, 0.3) is 0 Å². The number of nitrogens with zero attached hydrogens (tertiary/aromatic N) is 4. The monoisotopic (exact) mass is 419 g/mol. The van der Waals surface area contributed by atoms with Crippen molar-refractivity contribution in [1.82, 2.24) is 10.2 Å². The highest BCUT2D eigenvalue weighted by atomic mass is 35.5. The Morgan fingerprint density at radius 3 is 2.50 bits per heavy atom. The Hall–Kier alpha value is -3.63. The van der Waals surface area contributed by atoms with Crippen molar-refractivity contribution in [2.24, 2.45) is 0 Å². The second-order valence-electron chi connectivity index (χ2n) is 6.81. The zero-order chi connectivity index (χ0) is 20.9. The zero-order valence-corrected chi connectivity index (χ0v) is 16.7. The molecule has 1 atom stereocenters. The summed E-state index contributed by atoms with van der Waals surface area (Å²) in [5.74, 6) is 0.967. The molecule has 0 aliphatic carbocycles. The summed E-state index contributed by atoms with van der Waals surface area (Å²) in [6, 6.07) is 19.4. The van der Waals surface area contributed by atoms with Gasteiger partial charge in [-0.25, -0.2) is 0 Å². The lowest BCUT2D eigenvalue weighted by atomic mass is 10.0. The number of halogens is 1. The number of rotatable bonds is 5. The number of anilines is 2. The van der Waals surface area contributed by atoms with Gasteiger partial charge >= 0.3 is 0 Å². The molecular formula is C22H18ClN5O2. The second kappa shape index (κ2) is 8.80. The molecule has 1 N–H and O–H groups in total. The van der Waals surface area contributed by atoms with E-state index in [9.17, 15) is 4.79 Å². The lowest BCUT2D eigenvalue weighted by Gasteiger charge is -2.33. The molecule has 1 unspecified atom stereocenters. The van der Waals surface area contributed by atoms with Crippen molar-refractivity contribution in [2.75, 3.05) is 16.8 Å². The van der Waals surface area contributed by atoms with E-state index in [0.29, 0.717) is 28.9 Å². The van der Waals surface area contributed by atoms with Crippen LogP contribution in [0.15, 0.2) is 60.7 Å². The van der Waals surface area contributed by atoms with Gasteiger partial charge in [0, 0.05) is 24.0 Å². The third-order valence-electron chi connectivity index (χ3n) is 4.77. The Kier molecular flexibility index (Phi) is 5.77.